The summed E-state index contributed by atoms with van der Waals surface area (Å²) in [5.74, 6) is 0. The monoisotopic (exact) mass is 322 g/mol. The third-order valence-corrected chi connectivity index (χ3v) is 4.98. The Morgan fingerprint density at radius 1 is 1.25 bits per heavy atom. The minimum Gasteiger partial charge on any atom is -0.143 e. The van der Waals surface area contributed by atoms with E-state index >= 15 is 0 Å². The van der Waals surface area contributed by atoms with E-state index in [1.165, 1.54) is 14.2 Å². The first-order chi connectivity index (χ1) is 5.77. The molecule has 62 valence electrons. The van der Waals surface area contributed by atoms with Crippen molar-refractivity contribution in [3.8, 4) is 9.75 Å². The van der Waals surface area contributed by atoms with Crippen LogP contribution in [0.5, 0.6) is 0 Å². The van der Waals surface area contributed by atoms with Crippen molar-refractivity contribution < 1.29 is 0 Å². The molecule has 0 aliphatic carbocycles. The Morgan fingerprint density at radius 3 is 2.58 bits per heavy atom. The molecule has 2 aromatic heterocycles. The lowest BCUT2D eigenvalue weighted by molar-refractivity contribution is 1.83. The van der Waals surface area contributed by atoms with Gasteiger partial charge in [-0.15, -0.1) is 22.7 Å². The summed E-state index contributed by atoms with van der Waals surface area (Å²) in [5.41, 5.74) is 0. The van der Waals surface area contributed by atoms with E-state index in [0.717, 1.165) is 3.79 Å². The van der Waals surface area contributed by atoms with Gasteiger partial charge in [0.05, 0.1) is 8.66 Å². The van der Waals surface area contributed by atoms with E-state index in [2.05, 4.69) is 55.4 Å². The van der Waals surface area contributed by atoms with Crippen LogP contribution < -0.4 is 0 Å². The van der Waals surface area contributed by atoms with E-state index in [1.54, 1.807) is 22.7 Å². The number of hydrogen-bond acceptors (Lipinski definition) is 2. The Hall–Kier alpha value is 0.360. The molecular formula is C8H4Br2S2. The molecular weight excluding hydrogens is 320 g/mol. The van der Waals surface area contributed by atoms with Crippen molar-refractivity contribution in [1.82, 2.24) is 0 Å². The molecule has 4 heteroatoms. The van der Waals surface area contributed by atoms with Crippen molar-refractivity contribution >= 4 is 54.5 Å². The van der Waals surface area contributed by atoms with E-state index in [9.17, 15) is 0 Å². The third-order valence-electron chi connectivity index (χ3n) is 1.40. The summed E-state index contributed by atoms with van der Waals surface area (Å²) in [7, 11) is 0. The number of hydrogen-bond donors (Lipinski definition) is 0. The summed E-state index contributed by atoms with van der Waals surface area (Å²) >= 11 is 10.5. The maximum Gasteiger partial charge on any atom is 0.0717 e. The Labute approximate surface area is 95.5 Å². The molecule has 0 aliphatic heterocycles. The van der Waals surface area contributed by atoms with Crippen LogP contribution in [0.1, 0.15) is 0 Å². The molecule has 0 saturated carbocycles. The van der Waals surface area contributed by atoms with Gasteiger partial charge < -0.3 is 0 Å². The molecule has 0 unspecified atom stereocenters. The van der Waals surface area contributed by atoms with Gasteiger partial charge in [0.1, 0.15) is 0 Å². The lowest BCUT2D eigenvalue weighted by atomic mass is 10.4. The predicted octanol–water partition coefficient (Wildman–Crippen LogP) is 5.00. The zero-order valence-electron chi connectivity index (χ0n) is 5.88. The Kier molecular flexibility index (Phi) is 2.69. The highest BCUT2D eigenvalue weighted by molar-refractivity contribution is 9.11. The van der Waals surface area contributed by atoms with Crippen molar-refractivity contribution in [3.63, 3.8) is 0 Å². The van der Waals surface area contributed by atoms with Crippen molar-refractivity contribution in [3.05, 3.63) is 31.8 Å². The summed E-state index contributed by atoms with van der Waals surface area (Å²) in [6.07, 6.45) is 0. The summed E-state index contributed by atoms with van der Waals surface area (Å²) in [4.78, 5) is 2.62. The van der Waals surface area contributed by atoms with Gasteiger partial charge in [-0.25, -0.2) is 0 Å². The zero-order chi connectivity index (χ0) is 8.55. The van der Waals surface area contributed by atoms with E-state index in [4.69, 9.17) is 0 Å². The normalized spacial score (nSPS) is 10.5. The smallest absolute Gasteiger partial charge is 0.0717 e. The molecule has 0 spiro atoms. The Balaban J connectivity index is 2.54. The van der Waals surface area contributed by atoms with Crippen molar-refractivity contribution in [2.75, 3.05) is 0 Å². The van der Waals surface area contributed by atoms with Crippen molar-refractivity contribution in [2.24, 2.45) is 0 Å². The van der Waals surface area contributed by atoms with Crippen molar-refractivity contribution in [1.29, 1.82) is 0 Å². The molecule has 12 heavy (non-hydrogen) atoms. The van der Waals surface area contributed by atoms with Crippen LogP contribution in [0.25, 0.3) is 9.75 Å². The van der Waals surface area contributed by atoms with E-state index < -0.39 is 0 Å². The van der Waals surface area contributed by atoms with Gasteiger partial charge in [-0.05, 0) is 49.4 Å². The fraction of sp³-hybridized carbons (Fsp3) is 0. The molecule has 0 bridgehead atoms. The second-order valence-corrected chi connectivity index (χ2v) is 6.44. The SMILES string of the molecule is Brc1cc(Br)c(-c2cccs2)s1. The van der Waals surface area contributed by atoms with E-state index in [0.29, 0.717) is 0 Å². The first kappa shape index (κ1) is 8.94. The van der Waals surface area contributed by atoms with Crippen LogP contribution in [0.2, 0.25) is 0 Å². The molecule has 0 atom stereocenters. The minimum absolute atomic E-state index is 1.16. The average molecular weight is 324 g/mol. The molecule has 0 aromatic carbocycles. The van der Waals surface area contributed by atoms with Crippen LogP contribution in [-0.2, 0) is 0 Å². The van der Waals surface area contributed by atoms with Crippen LogP contribution in [0.4, 0.5) is 0 Å². The second-order valence-electron chi connectivity index (χ2n) is 2.20. The maximum absolute atomic E-state index is 3.53. The van der Waals surface area contributed by atoms with Gasteiger partial charge in [0.2, 0.25) is 0 Å². The summed E-state index contributed by atoms with van der Waals surface area (Å²) in [6.45, 7) is 0. The summed E-state index contributed by atoms with van der Waals surface area (Å²) < 4.78 is 2.33. The van der Waals surface area contributed by atoms with Crippen LogP contribution in [0.3, 0.4) is 0 Å². The molecule has 2 heterocycles. The fourth-order valence-electron chi connectivity index (χ4n) is 0.917. The van der Waals surface area contributed by atoms with Crippen LogP contribution >= 0.6 is 54.5 Å². The topological polar surface area (TPSA) is 0 Å². The van der Waals surface area contributed by atoms with E-state index in [1.807, 2.05) is 0 Å². The standard InChI is InChI=1S/C8H4Br2S2/c9-5-4-7(10)12-8(5)6-2-1-3-11-6/h1-4H. The third kappa shape index (κ3) is 1.66. The second kappa shape index (κ2) is 3.62. The molecule has 0 aliphatic rings. The lowest BCUT2D eigenvalue weighted by Crippen LogP contribution is -1.60. The van der Waals surface area contributed by atoms with Gasteiger partial charge in [0, 0.05) is 9.35 Å². The first-order valence-electron chi connectivity index (χ1n) is 3.26. The molecule has 0 fully saturated rings. The molecule has 0 saturated heterocycles. The summed E-state index contributed by atoms with van der Waals surface area (Å²) in [6, 6.07) is 6.29. The minimum atomic E-state index is 1.16. The number of rotatable bonds is 1. The Bertz CT molecular complexity index is 376. The lowest BCUT2D eigenvalue weighted by Gasteiger charge is -1.90. The maximum atomic E-state index is 3.53. The summed E-state index contributed by atoms with van der Waals surface area (Å²) in [5, 5.41) is 2.09. The van der Waals surface area contributed by atoms with E-state index in [-0.39, 0.29) is 0 Å². The first-order valence-corrected chi connectivity index (χ1v) is 6.54. The van der Waals surface area contributed by atoms with Crippen molar-refractivity contribution in [2.45, 2.75) is 0 Å². The van der Waals surface area contributed by atoms with Gasteiger partial charge in [0.15, 0.2) is 0 Å². The van der Waals surface area contributed by atoms with Gasteiger partial charge in [0.25, 0.3) is 0 Å². The quantitative estimate of drug-likeness (QED) is 0.692. The average Bonchev–Trinajstić information content (AvgIpc) is 2.58. The van der Waals surface area contributed by atoms with Crippen LogP contribution in [0, 0.1) is 0 Å². The fourth-order valence-corrected chi connectivity index (χ4v) is 4.55. The largest absolute Gasteiger partial charge is 0.143 e. The van der Waals surface area contributed by atoms with Crippen LogP contribution in [-0.4, -0.2) is 0 Å². The van der Waals surface area contributed by atoms with Gasteiger partial charge in [-0.3, -0.25) is 0 Å². The highest BCUT2D eigenvalue weighted by Crippen LogP contribution is 2.40. The molecule has 0 radical (unpaired) electrons. The van der Waals surface area contributed by atoms with Gasteiger partial charge in [-0.2, -0.15) is 0 Å². The highest BCUT2D eigenvalue weighted by atomic mass is 79.9. The molecule has 0 nitrogen and oxygen atoms in total. The Morgan fingerprint density at radius 2 is 2.08 bits per heavy atom. The number of thiophene rings is 2. The predicted molar refractivity (Wildman–Crippen MR) is 63.0 cm³/mol. The number of halogens is 2. The molecule has 2 aromatic rings. The molecule has 0 N–H and O–H groups in total. The molecule has 2 rings (SSSR count). The molecule has 0 amide bonds. The van der Waals surface area contributed by atoms with Crippen LogP contribution in [0.15, 0.2) is 31.8 Å². The highest BCUT2D eigenvalue weighted by Gasteiger charge is 2.07. The van der Waals surface area contributed by atoms with Gasteiger partial charge in [-0.1, -0.05) is 6.07 Å². The zero-order valence-corrected chi connectivity index (χ0v) is 10.7. The van der Waals surface area contributed by atoms with Gasteiger partial charge >= 0.3 is 0 Å².